The highest BCUT2D eigenvalue weighted by Gasteiger charge is 2.26. The summed E-state index contributed by atoms with van der Waals surface area (Å²) in [5, 5.41) is 3.02. The molecule has 1 aliphatic rings. The first-order valence-corrected chi connectivity index (χ1v) is 5.73. The lowest BCUT2D eigenvalue weighted by Gasteiger charge is -2.20. The lowest BCUT2D eigenvalue weighted by Crippen LogP contribution is -2.29. The van der Waals surface area contributed by atoms with Crippen LogP contribution in [0.25, 0.3) is 0 Å². The van der Waals surface area contributed by atoms with Crippen molar-refractivity contribution in [1.29, 1.82) is 0 Å². The van der Waals surface area contributed by atoms with Crippen molar-refractivity contribution in [3.05, 3.63) is 29.6 Å². The third-order valence-electron chi connectivity index (χ3n) is 3.30. The van der Waals surface area contributed by atoms with Crippen LogP contribution in [-0.4, -0.2) is 12.6 Å². The molecule has 1 aromatic carbocycles. The van der Waals surface area contributed by atoms with Crippen LogP contribution in [0, 0.1) is 23.4 Å². The smallest absolute Gasteiger partial charge is 0.194 e. The van der Waals surface area contributed by atoms with Crippen LogP contribution in [-0.2, 0) is 0 Å². The van der Waals surface area contributed by atoms with Gasteiger partial charge in [-0.1, -0.05) is 6.42 Å². The molecule has 17 heavy (non-hydrogen) atoms. The summed E-state index contributed by atoms with van der Waals surface area (Å²) in [4.78, 5) is 0. The molecule has 1 aliphatic carbocycles. The van der Waals surface area contributed by atoms with Crippen molar-refractivity contribution in [2.75, 3.05) is 11.9 Å². The number of hydrogen-bond acceptors (Lipinski definition) is 2. The predicted octanol–water partition coefficient (Wildman–Crippen LogP) is 2.64. The maximum Gasteiger partial charge on any atom is 0.194 e. The van der Waals surface area contributed by atoms with Gasteiger partial charge in [0.15, 0.2) is 17.5 Å². The molecule has 2 rings (SSSR count). The molecule has 0 amide bonds. The van der Waals surface area contributed by atoms with Crippen LogP contribution < -0.4 is 11.1 Å². The SMILES string of the molecule is NCC1CCCC1Nc1cc(F)c(F)c(F)c1. The minimum absolute atomic E-state index is 0.115. The molecule has 0 spiro atoms. The molecule has 0 heterocycles. The molecule has 2 nitrogen and oxygen atoms in total. The second-order valence-corrected chi connectivity index (χ2v) is 4.43. The minimum atomic E-state index is -1.43. The Hall–Kier alpha value is -1.23. The fourth-order valence-corrected chi connectivity index (χ4v) is 2.36. The van der Waals surface area contributed by atoms with Crippen LogP contribution in [0.2, 0.25) is 0 Å². The molecule has 0 aromatic heterocycles. The summed E-state index contributed by atoms with van der Waals surface area (Å²) in [6, 6.07) is 2.07. The van der Waals surface area contributed by atoms with Gasteiger partial charge in [0.1, 0.15) is 0 Å². The highest BCUT2D eigenvalue weighted by molar-refractivity contribution is 5.45. The maximum atomic E-state index is 13.0. The van der Waals surface area contributed by atoms with E-state index in [1.54, 1.807) is 0 Å². The van der Waals surface area contributed by atoms with E-state index in [1.165, 1.54) is 0 Å². The molecule has 94 valence electrons. The monoisotopic (exact) mass is 244 g/mol. The van der Waals surface area contributed by atoms with E-state index in [0.29, 0.717) is 12.5 Å². The Kier molecular flexibility index (Phi) is 3.57. The van der Waals surface area contributed by atoms with Crippen molar-refractivity contribution in [3.63, 3.8) is 0 Å². The average Bonchev–Trinajstić information content (AvgIpc) is 2.73. The van der Waals surface area contributed by atoms with Crippen LogP contribution in [0.1, 0.15) is 19.3 Å². The molecule has 3 N–H and O–H groups in total. The number of nitrogens with two attached hydrogens (primary N) is 1. The van der Waals surface area contributed by atoms with Crippen molar-refractivity contribution in [2.45, 2.75) is 25.3 Å². The summed E-state index contributed by atoms with van der Waals surface area (Å²) in [5.41, 5.74) is 5.88. The fraction of sp³-hybridized carbons (Fsp3) is 0.500. The molecule has 1 saturated carbocycles. The lowest BCUT2D eigenvalue weighted by atomic mass is 10.0. The van der Waals surface area contributed by atoms with Gasteiger partial charge in [-0.05, 0) is 25.3 Å². The van der Waals surface area contributed by atoms with Crippen LogP contribution in [0.4, 0.5) is 18.9 Å². The molecule has 0 radical (unpaired) electrons. The standard InChI is InChI=1S/C12H15F3N2/c13-9-4-8(5-10(14)12(9)15)17-11-3-1-2-7(11)6-16/h4-5,7,11,17H,1-3,6,16H2. The summed E-state index contributed by atoms with van der Waals surface area (Å²) >= 11 is 0. The van der Waals surface area contributed by atoms with E-state index in [1.807, 2.05) is 0 Å². The van der Waals surface area contributed by atoms with E-state index in [2.05, 4.69) is 5.32 Å². The molecule has 1 fully saturated rings. The van der Waals surface area contributed by atoms with E-state index in [-0.39, 0.29) is 11.7 Å². The van der Waals surface area contributed by atoms with Crippen molar-refractivity contribution in [1.82, 2.24) is 0 Å². The summed E-state index contributed by atoms with van der Waals surface area (Å²) in [5.74, 6) is -3.46. The topological polar surface area (TPSA) is 38.0 Å². The van der Waals surface area contributed by atoms with E-state index in [9.17, 15) is 13.2 Å². The molecule has 5 heteroatoms. The lowest BCUT2D eigenvalue weighted by molar-refractivity contribution is 0.447. The molecule has 0 aliphatic heterocycles. The Bertz CT molecular complexity index is 386. The second kappa shape index (κ2) is 4.96. The Morgan fingerprint density at radius 3 is 2.41 bits per heavy atom. The Morgan fingerprint density at radius 1 is 1.18 bits per heavy atom. The maximum absolute atomic E-state index is 13.0. The van der Waals surface area contributed by atoms with Gasteiger partial charge in [-0.15, -0.1) is 0 Å². The zero-order valence-electron chi connectivity index (χ0n) is 9.35. The van der Waals surface area contributed by atoms with E-state index < -0.39 is 17.5 Å². The quantitative estimate of drug-likeness (QED) is 0.802. The van der Waals surface area contributed by atoms with Gasteiger partial charge in [-0.3, -0.25) is 0 Å². The fourth-order valence-electron chi connectivity index (χ4n) is 2.36. The second-order valence-electron chi connectivity index (χ2n) is 4.43. The van der Waals surface area contributed by atoms with Gasteiger partial charge in [0, 0.05) is 23.9 Å². The predicted molar refractivity (Wildman–Crippen MR) is 60.1 cm³/mol. The van der Waals surface area contributed by atoms with Crippen molar-refractivity contribution >= 4 is 5.69 Å². The first-order valence-electron chi connectivity index (χ1n) is 5.73. The molecular formula is C12H15F3N2. The summed E-state index contributed by atoms with van der Waals surface area (Å²) in [7, 11) is 0. The van der Waals surface area contributed by atoms with Gasteiger partial charge in [0.25, 0.3) is 0 Å². The Balaban J connectivity index is 2.13. The van der Waals surface area contributed by atoms with Crippen molar-refractivity contribution in [2.24, 2.45) is 11.7 Å². The van der Waals surface area contributed by atoms with Gasteiger partial charge in [0.2, 0.25) is 0 Å². The van der Waals surface area contributed by atoms with Crippen molar-refractivity contribution in [3.8, 4) is 0 Å². The number of anilines is 1. The van der Waals surface area contributed by atoms with Crippen LogP contribution >= 0.6 is 0 Å². The molecule has 1 aromatic rings. The average molecular weight is 244 g/mol. The number of hydrogen-bond donors (Lipinski definition) is 2. The molecule has 2 unspecified atom stereocenters. The largest absolute Gasteiger partial charge is 0.382 e. The minimum Gasteiger partial charge on any atom is -0.382 e. The zero-order chi connectivity index (χ0) is 12.4. The molecular weight excluding hydrogens is 229 g/mol. The van der Waals surface area contributed by atoms with Crippen LogP contribution in [0.15, 0.2) is 12.1 Å². The van der Waals surface area contributed by atoms with Crippen molar-refractivity contribution < 1.29 is 13.2 Å². The highest BCUT2D eigenvalue weighted by atomic mass is 19.2. The van der Waals surface area contributed by atoms with Crippen LogP contribution in [0.5, 0.6) is 0 Å². The summed E-state index contributed by atoms with van der Waals surface area (Å²) in [6.07, 6.45) is 2.98. The first kappa shape index (κ1) is 12.2. The Labute approximate surface area is 98.0 Å². The zero-order valence-corrected chi connectivity index (χ0v) is 9.35. The van der Waals surface area contributed by atoms with Gasteiger partial charge < -0.3 is 11.1 Å². The number of halogens is 3. The number of benzene rings is 1. The van der Waals surface area contributed by atoms with E-state index in [0.717, 1.165) is 31.4 Å². The summed E-state index contributed by atoms with van der Waals surface area (Å²) in [6.45, 7) is 0.545. The normalized spacial score (nSPS) is 24.0. The molecule has 0 saturated heterocycles. The first-order chi connectivity index (χ1) is 8.11. The molecule has 0 bridgehead atoms. The third-order valence-corrected chi connectivity index (χ3v) is 3.30. The van der Waals surface area contributed by atoms with Gasteiger partial charge >= 0.3 is 0 Å². The molecule has 2 atom stereocenters. The third kappa shape index (κ3) is 2.54. The summed E-state index contributed by atoms with van der Waals surface area (Å²) < 4.78 is 38.8. The number of rotatable bonds is 3. The van der Waals surface area contributed by atoms with Crippen LogP contribution in [0.3, 0.4) is 0 Å². The van der Waals surface area contributed by atoms with Gasteiger partial charge in [-0.25, -0.2) is 13.2 Å². The van der Waals surface area contributed by atoms with Gasteiger partial charge in [-0.2, -0.15) is 0 Å². The Morgan fingerprint density at radius 2 is 1.82 bits per heavy atom. The highest BCUT2D eigenvalue weighted by Crippen LogP contribution is 2.28. The van der Waals surface area contributed by atoms with E-state index >= 15 is 0 Å². The van der Waals surface area contributed by atoms with Gasteiger partial charge in [0.05, 0.1) is 0 Å². The number of nitrogens with one attached hydrogen (secondary N) is 1. The van der Waals surface area contributed by atoms with E-state index in [4.69, 9.17) is 5.73 Å².